The molecule has 0 saturated carbocycles. The zero-order valence-corrected chi connectivity index (χ0v) is 9.84. The predicted octanol–water partition coefficient (Wildman–Crippen LogP) is 2.62. The van der Waals surface area contributed by atoms with E-state index in [1.807, 2.05) is 6.92 Å². The van der Waals surface area contributed by atoms with Crippen molar-refractivity contribution in [1.82, 2.24) is 4.90 Å². The number of hydrogen-bond donors (Lipinski definition) is 0. The number of nitriles is 1. The van der Waals surface area contributed by atoms with E-state index in [-0.39, 0.29) is 6.04 Å². The van der Waals surface area contributed by atoms with Crippen LogP contribution in [-0.4, -0.2) is 28.4 Å². The van der Waals surface area contributed by atoms with Gasteiger partial charge in [-0.1, -0.05) is 0 Å². The second-order valence-corrected chi connectivity index (χ2v) is 4.38. The summed E-state index contributed by atoms with van der Waals surface area (Å²) in [5.74, 6) is 0. The van der Waals surface area contributed by atoms with Crippen LogP contribution in [0.2, 0.25) is 0 Å². The number of halogens is 1. The second-order valence-electron chi connectivity index (χ2n) is 3.91. The highest BCUT2D eigenvalue weighted by atomic mass is 35.5. The first-order chi connectivity index (χ1) is 5.91. The van der Waals surface area contributed by atoms with Crippen LogP contribution in [0, 0.1) is 11.3 Å². The van der Waals surface area contributed by atoms with Gasteiger partial charge >= 0.3 is 0 Å². The molecule has 76 valence electrons. The van der Waals surface area contributed by atoms with Crippen molar-refractivity contribution in [3.8, 4) is 6.07 Å². The maximum absolute atomic E-state index is 8.71. The molecule has 0 aromatic heterocycles. The van der Waals surface area contributed by atoms with Gasteiger partial charge in [-0.3, -0.25) is 4.90 Å². The molecule has 0 radical (unpaired) electrons. The third-order valence-electron chi connectivity index (χ3n) is 2.21. The highest BCUT2D eigenvalue weighted by Gasteiger charge is 2.25. The molecule has 0 rings (SSSR count). The zero-order valence-electron chi connectivity index (χ0n) is 9.08. The number of rotatable bonds is 4. The molecule has 13 heavy (non-hydrogen) atoms. The Morgan fingerprint density at radius 1 is 1.08 bits per heavy atom. The second kappa shape index (κ2) is 5.47. The average Bonchev–Trinajstić information content (AvgIpc) is 2.01. The first-order valence-corrected chi connectivity index (χ1v) is 5.16. The Bertz CT molecular complexity index is 176. The molecule has 0 spiro atoms. The molecule has 0 heterocycles. The van der Waals surface area contributed by atoms with E-state index in [0.29, 0.717) is 12.1 Å². The van der Waals surface area contributed by atoms with Crippen LogP contribution in [0.25, 0.3) is 0 Å². The molecule has 0 fully saturated rings. The van der Waals surface area contributed by atoms with Crippen molar-refractivity contribution in [2.24, 2.45) is 0 Å². The fraction of sp³-hybridized carbons (Fsp3) is 0.900. The molecular formula is C10H19ClN2. The molecule has 0 aliphatic carbocycles. The maximum atomic E-state index is 8.71. The Balaban J connectivity index is 4.48. The quantitative estimate of drug-likeness (QED) is 0.656. The first-order valence-electron chi connectivity index (χ1n) is 4.73. The van der Waals surface area contributed by atoms with Crippen LogP contribution in [0.1, 0.15) is 34.6 Å². The molecule has 0 amide bonds. The Kier molecular flexibility index (Phi) is 5.36. The lowest BCUT2D eigenvalue weighted by atomic mass is 10.1. The predicted molar refractivity (Wildman–Crippen MR) is 56.8 cm³/mol. The summed E-state index contributed by atoms with van der Waals surface area (Å²) in [7, 11) is 0. The lowest BCUT2D eigenvalue weighted by molar-refractivity contribution is 0.126. The zero-order chi connectivity index (χ0) is 10.6. The Hall–Kier alpha value is -0.260. The van der Waals surface area contributed by atoms with E-state index < -0.39 is 5.38 Å². The van der Waals surface area contributed by atoms with Gasteiger partial charge in [-0.25, -0.2) is 0 Å². The average molecular weight is 203 g/mol. The molecule has 0 saturated heterocycles. The molecule has 2 atom stereocenters. The molecule has 0 aliphatic heterocycles. The van der Waals surface area contributed by atoms with E-state index >= 15 is 0 Å². The Morgan fingerprint density at radius 2 is 1.46 bits per heavy atom. The van der Waals surface area contributed by atoms with Gasteiger partial charge in [0.2, 0.25) is 0 Å². The fourth-order valence-electron chi connectivity index (χ4n) is 1.80. The van der Waals surface area contributed by atoms with Gasteiger partial charge in [-0.2, -0.15) is 5.26 Å². The summed E-state index contributed by atoms with van der Waals surface area (Å²) in [6, 6.07) is 3.02. The van der Waals surface area contributed by atoms with Crippen molar-refractivity contribution in [1.29, 1.82) is 5.26 Å². The van der Waals surface area contributed by atoms with Crippen LogP contribution < -0.4 is 0 Å². The van der Waals surface area contributed by atoms with Gasteiger partial charge in [-0.15, -0.1) is 11.6 Å². The molecule has 0 aromatic rings. The third kappa shape index (κ3) is 3.54. The SMILES string of the molecule is CC(C)N(C(C)C)C(C)C(Cl)C#N. The van der Waals surface area contributed by atoms with Crippen LogP contribution in [0.3, 0.4) is 0 Å². The minimum Gasteiger partial charge on any atom is -0.293 e. The van der Waals surface area contributed by atoms with E-state index in [9.17, 15) is 0 Å². The summed E-state index contributed by atoms with van der Waals surface area (Å²) in [6.45, 7) is 10.5. The molecule has 2 unspecified atom stereocenters. The van der Waals surface area contributed by atoms with Gasteiger partial charge in [0, 0.05) is 18.1 Å². The maximum Gasteiger partial charge on any atom is 0.135 e. The van der Waals surface area contributed by atoms with Crippen molar-refractivity contribution in [3.05, 3.63) is 0 Å². The lowest BCUT2D eigenvalue weighted by Crippen LogP contribution is -2.47. The molecule has 0 N–H and O–H groups in total. The fourth-order valence-corrected chi connectivity index (χ4v) is 1.93. The summed E-state index contributed by atoms with van der Waals surface area (Å²) in [5, 5.41) is 8.28. The third-order valence-corrected chi connectivity index (χ3v) is 2.67. The highest BCUT2D eigenvalue weighted by Crippen LogP contribution is 2.16. The van der Waals surface area contributed by atoms with E-state index in [1.54, 1.807) is 0 Å². The molecular weight excluding hydrogens is 184 g/mol. The van der Waals surface area contributed by atoms with Crippen molar-refractivity contribution >= 4 is 11.6 Å². The molecule has 0 aromatic carbocycles. The van der Waals surface area contributed by atoms with Crippen molar-refractivity contribution in [2.45, 2.75) is 58.1 Å². The molecule has 3 heteroatoms. The monoisotopic (exact) mass is 202 g/mol. The molecule has 0 bridgehead atoms. The van der Waals surface area contributed by atoms with Gasteiger partial charge in [0.05, 0.1) is 6.07 Å². The van der Waals surface area contributed by atoms with Crippen LogP contribution in [0.5, 0.6) is 0 Å². The standard InChI is InChI=1S/C10H19ClN2/c1-7(2)13(8(3)4)9(5)10(11)6-12/h7-10H,1-5H3. The number of hydrogen-bond acceptors (Lipinski definition) is 2. The van der Waals surface area contributed by atoms with E-state index in [2.05, 4.69) is 38.7 Å². The van der Waals surface area contributed by atoms with Gasteiger partial charge in [0.25, 0.3) is 0 Å². The Morgan fingerprint density at radius 3 is 1.69 bits per heavy atom. The first kappa shape index (κ1) is 12.7. The van der Waals surface area contributed by atoms with Crippen LogP contribution in [-0.2, 0) is 0 Å². The van der Waals surface area contributed by atoms with Gasteiger partial charge in [0.15, 0.2) is 0 Å². The molecule has 0 aliphatic rings. The van der Waals surface area contributed by atoms with Gasteiger partial charge < -0.3 is 0 Å². The topological polar surface area (TPSA) is 27.0 Å². The van der Waals surface area contributed by atoms with Crippen molar-refractivity contribution < 1.29 is 0 Å². The van der Waals surface area contributed by atoms with Gasteiger partial charge in [-0.05, 0) is 34.6 Å². The summed E-state index contributed by atoms with van der Waals surface area (Å²) in [4.78, 5) is 2.25. The van der Waals surface area contributed by atoms with Gasteiger partial charge in [0.1, 0.15) is 5.38 Å². The molecule has 2 nitrogen and oxygen atoms in total. The van der Waals surface area contributed by atoms with E-state index in [0.717, 1.165) is 0 Å². The van der Waals surface area contributed by atoms with Crippen LogP contribution in [0.15, 0.2) is 0 Å². The summed E-state index contributed by atoms with van der Waals surface area (Å²) < 4.78 is 0. The Labute approximate surface area is 86.5 Å². The normalized spacial score (nSPS) is 16.3. The van der Waals surface area contributed by atoms with Crippen LogP contribution >= 0.6 is 11.6 Å². The summed E-state index contributed by atoms with van der Waals surface area (Å²) in [6.07, 6.45) is 0. The smallest absolute Gasteiger partial charge is 0.135 e. The van der Waals surface area contributed by atoms with E-state index in [4.69, 9.17) is 16.9 Å². The van der Waals surface area contributed by atoms with E-state index in [1.165, 1.54) is 0 Å². The van der Waals surface area contributed by atoms with Crippen molar-refractivity contribution in [3.63, 3.8) is 0 Å². The largest absolute Gasteiger partial charge is 0.293 e. The number of alkyl halides is 1. The highest BCUT2D eigenvalue weighted by molar-refractivity contribution is 6.22. The summed E-state index contributed by atoms with van der Waals surface area (Å²) in [5.41, 5.74) is 0. The lowest BCUT2D eigenvalue weighted by Gasteiger charge is -2.36. The number of nitrogens with zero attached hydrogens (tertiary/aromatic N) is 2. The van der Waals surface area contributed by atoms with Crippen LogP contribution in [0.4, 0.5) is 0 Å². The minimum atomic E-state index is -0.426. The minimum absolute atomic E-state index is 0.103. The van der Waals surface area contributed by atoms with Crippen molar-refractivity contribution in [2.75, 3.05) is 0 Å². The summed E-state index contributed by atoms with van der Waals surface area (Å²) >= 11 is 5.90.